The minimum absolute atomic E-state index is 0.664. The van der Waals surface area contributed by atoms with Crippen LogP contribution in [0.3, 0.4) is 0 Å². The second-order valence-electron chi connectivity index (χ2n) is 3.57. The van der Waals surface area contributed by atoms with Crippen molar-refractivity contribution in [1.82, 2.24) is 4.98 Å². The first-order chi connectivity index (χ1) is 7.65. The maximum Gasteiger partial charge on any atom is 0.130 e. The van der Waals surface area contributed by atoms with Gasteiger partial charge < -0.3 is 11.1 Å². The van der Waals surface area contributed by atoms with Gasteiger partial charge in [-0.1, -0.05) is 15.9 Å². The molecule has 4 heteroatoms. The molecule has 0 atom stereocenters. The van der Waals surface area contributed by atoms with Crippen LogP contribution in [0, 0.1) is 6.92 Å². The fourth-order valence-electron chi connectivity index (χ4n) is 1.35. The van der Waals surface area contributed by atoms with Crippen LogP contribution < -0.4 is 11.1 Å². The molecule has 2 aromatic rings. The predicted molar refractivity (Wildman–Crippen MR) is 70.8 cm³/mol. The Morgan fingerprint density at radius 2 is 2.06 bits per heavy atom. The summed E-state index contributed by atoms with van der Waals surface area (Å²) in [5.74, 6) is 0.788. The van der Waals surface area contributed by atoms with Crippen LogP contribution in [0.5, 0.6) is 0 Å². The molecule has 0 amide bonds. The molecule has 1 heterocycles. The first-order valence-corrected chi connectivity index (χ1v) is 5.69. The van der Waals surface area contributed by atoms with Crippen LogP contribution in [0.25, 0.3) is 0 Å². The molecule has 0 bridgehead atoms. The molecule has 0 saturated carbocycles. The Morgan fingerprint density at radius 1 is 1.25 bits per heavy atom. The highest BCUT2D eigenvalue weighted by molar-refractivity contribution is 9.10. The smallest absolute Gasteiger partial charge is 0.130 e. The van der Waals surface area contributed by atoms with Gasteiger partial charge >= 0.3 is 0 Å². The Hall–Kier alpha value is -1.55. The molecule has 0 aliphatic rings. The molecule has 1 aromatic heterocycles. The van der Waals surface area contributed by atoms with Crippen molar-refractivity contribution in [2.45, 2.75) is 6.92 Å². The number of nitrogens with one attached hydrogen (secondary N) is 1. The topological polar surface area (TPSA) is 50.9 Å². The molecule has 0 aliphatic carbocycles. The molecule has 0 saturated heterocycles. The van der Waals surface area contributed by atoms with E-state index in [1.165, 1.54) is 5.56 Å². The zero-order valence-electron chi connectivity index (χ0n) is 8.87. The highest BCUT2D eigenvalue weighted by Gasteiger charge is 1.98. The second-order valence-corrected chi connectivity index (χ2v) is 4.42. The maximum atomic E-state index is 5.57. The van der Waals surface area contributed by atoms with Gasteiger partial charge in [0, 0.05) is 10.2 Å². The van der Waals surface area contributed by atoms with E-state index in [0.29, 0.717) is 5.69 Å². The van der Waals surface area contributed by atoms with E-state index in [4.69, 9.17) is 5.73 Å². The van der Waals surface area contributed by atoms with Gasteiger partial charge in [0.15, 0.2) is 0 Å². The van der Waals surface area contributed by atoms with Crippen molar-refractivity contribution in [3.63, 3.8) is 0 Å². The van der Waals surface area contributed by atoms with Gasteiger partial charge in [-0.25, -0.2) is 4.98 Å². The molecule has 16 heavy (non-hydrogen) atoms. The Morgan fingerprint density at radius 3 is 2.69 bits per heavy atom. The van der Waals surface area contributed by atoms with Crippen LogP contribution in [-0.2, 0) is 0 Å². The Balaban J connectivity index is 2.20. The monoisotopic (exact) mass is 277 g/mol. The van der Waals surface area contributed by atoms with Crippen LogP contribution in [0.15, 0.2) is 41.0 Å². The van der Waals surface area contributed by atoms with E-state index in [0.717, 1.165) is 16.0 Å². The van der Waals surface area contributed by atoms with Crippen LogP contribution in [0.2, 0.25) is 0 Å². The Labute approximate surface area is 103 Å². The minimum atomic E-state index is 0.664. The van der Waals surface area contributed by atoms with E-state index in [1.54, 1.807) is 6.20 Å². The van der Waals surface area contributed by atoms with E-state index in [2.05, 4.69) is 32.3 Å². The molecule has 3 N–H and O–H groups in total. The number of nitrogens with zero attached hydrogens (tertiary/aromatic N) is 1. The molecule has 2 rings (SSSR count). The van der Waals surface area contributed by atoms with Crippen molar-refractivity contribution in [3.8, 4) is 0 Å². The van der Waals surface area contributed by atoms with Crippen molar-refractivity contribution in [2.75, 3.05) is 11.1 Å². The number of hydrogen-bond donors (Lipinski definition) is 2. The number of halogens is 1. The zero-order chi connectivity index (χ0) is 11.5. The van der Waals surface area contributed by atoms with Crippen LogP contribution in [0.1, 0.15) is 5.56 Å². The fraction of sp³-hybridized carbons (Fsp3) is 0.0833. The second kappa shape index (κ2) is 4.53. The molecule has 0 spiro atoms. The average Bonchev–Trinajstić information content (AvgIpc) is 2.27. The van der Waals surface area contributed by atoms with Crippen molar-refractivity contribution >= 4 is 33.1 Å². The summed E-state index contributed by atoms with van der Waals surface area (Å²) in [5, 5.41) is 3.21. The Bertz CT molecular complexity index is 494. The predicted octanol–water partition coefficient (Wildman–Crippen LogP) is 3.48. The van der Waals surface area contributed by atoms with E-state index in [9.17, 15) is 0 Å². The molecule has 0 radical (unpaired) electrons. The highest BCUT2D eigenvalue weighted by Crippen LogP contribution is 2.22. The maximum absolute atomic E-state index is 5.57. The van der Waals surface area contributed by atoms with E-state index in [1.807, 2.05) is 31.2 Å². The number of nitrogens with two attached hydrogens (primary N) is 1. The van der Waals surface area contributed by atoms with E-state index >= 15 is 0 Å². The lowest BCUT2D eigenvalue weighted by Crippen LogP contribution is -1.95. The van der Waals surface area contributed by atoms with Gasteiger partial charge in [-0.05, 0) is 42.8 Å². The third kappa shape index (κ3) is 2.52. The first-order valence-electron chi connectivity index (χ1n) is 4.90. The van der Waals surface area contributed by atoms with Gasteiger partial charge in [0.1, 0.15) is 5.82 Å². The molecule has 0 aliphatic heterocycles. The summed E-state index contributed by atoms with van der Waals surface area (Å²) in [6.45, 7) is 2.05. The number of benzene rings is 1. The molecule has 0 fully saturated rings. The van der Waals surface area contributed by atoms with E-state index < -0.39 is 0 Å². The third-order valence-corrected chi connectivity index (χ3v) is 3.11. The molecule has 82 valence electrons. The van der Waals surface area contributed by atoms with Crippen molar-refractivity contribution in [1.29, 1.82) is 0 Å². The fourth-order valence-corrected chi connectivity index (χ4v) is 1.60. The summed E-state index contributed by atoms with van der Waals surface area (Å²) in [7, 11) is 0. The number of hydrogen-bond acceptors (Lipinski definition) is 3. The first kappa shape index (κ1) is 11.0. The number of aromatic nitrogens is 1. The highest BCUT2D eigenvalue weighted by atomic mass is 79.9. The SMILES string of the molecule is Cc1cc(Nc2ccc(N)cn2)ccc1Br. The quantitative estimate of drug-likeness (QED) is 0.884. The lowest BCUT2D eigenvalue weighted by molar-refractivity contribution is 1.30. The summed E-state index contributed by atoms with van der Waals surface area (Å²) in [5.41, 5.74) is 8.42. The van der Waals surface area contributed by atoms with Crippen LogP contribution in [0.4, 0.5) is 17.2 Å². The van der Waals surface area contributed by atoms with Gasteiger partial charge in [0.2, 0.25) is 0 Å². The standard InChI is InChI=1S/C12H12BrN3/c1-8-6-10(3-4-11(8)13)16-12-5-2-9(14)7-15-12/h2-7H,14H2,1H3,(H,15,16). The number of nitrogen functional groups attached to an aromatic ring is 1. The molecular formula is C12H12BrN3. The average molecular weight is 278 g/mol. The molecule has 3 nitrogen and oxygen atoms in total. The van der Waals surface area contributed by atoms with Gasteiger partial charge in [-0.3, -0.25) is 0 Å². The molecule has 1 aromatic carbocycles. The number of pyridine rings is 1. The summed E-state index contributed by atoms with van der Waals surface area (Å²) >= 11 is 3.46. The number of rotatable bonds is 2. The van der Waals surface area contributed by atoms with Gasteiger partial charge in [0.25, 0.3) is 0 Å². The number of anilines is 3. The summed E-state index contributed by atoms with van der Waals surface area (Å²) in [4.78, 5) is 4.18. The lowest BCUT2D eigenvalue weighted by atomic mass is 10.2. The molecular weight excluding hydrogens is 266 g/mol. The molecule has 0 unspecified atom stereocenters. The van der Waals surface area contributed by atoms with E-state index in [-0.39, 0.29) is 0 Å². The third-order valence-electron chi connectivity index (χ3n) is 2.22. The van der Waals surface area contributed by atoms with Crippen molar-refractivity contribution in [2.24, 2.45) is 0 Å². The van der Waals surface area contributed by atoms with Crippen LogP contribution >= 0.6 is 15.9 Å². The Kier molecular flexibility index (Phi) is 3.10. The minimum Gasteiger partial charge on any atom is -0.397 e. The normalized spacial score (nSPS) is 10.1. The van der Waals surface area contributed by atoms with Gasteiger partial charge in [-0.15, -0.1) is 0 Å². The summed E-state index contributed by atoms with van der Waals surface area (Å²) in [6, 6.07) is 9.74. The largest absolute Gasteiger partial charge is 0.397 e. The summed E-state index contributed by atoms with van der Waals surface area (Å²) in [6.07, 6.45) is 1.63. The lowest BCUT2D eigenvalue weighted by Gasteiger charge is -2.07. The van der Waals surface area contributed by atoms with Crippen LogP contribution in [-0.4, -0.2) is 4.98 Å². The van der Waals surface area contributed by atoms with Gasteiger partial charge in [0.05, 0.1) is 11.9 Å². The zero-order valence-corrected chi connectivity index (χ0v) is 10.5. The summed E-state index contributed by atoms with van der Waals surface area (Å²) < 4.78 is 1.10. The van der Waals surface area contributed by atoms with Crippen molar-refractivity contribution in [3.05, 3.63) is 46.6 Å². The number of aryl methyl sites for hydroxylation is 1. The van der Waals surface area contributed by atoms with Crippen molar-refractivity contribution < 1.29 is 0 Å². The van der Waals surface area contributed by atoms with Gasteiger partial charge in [-0.2, -0.15) is 0 Å².